The molecule has 0 N–H and O–H groups in total. The molecule has 0 aromatic heterocycles. The van der Waals surface area contributed by atoms with Crippen LogP contribution in [-0.4, -0.2) is 11.9 Å². The van der Waals surface area contributed by atoms with Crippen LogP contribution in [0.4, 0.5) is 0 Å². The summed E-state index contributed by atoms with van der Waals surface area (Å²) in [5.74, 6) is 0. The molecule has 22 heavy (non-hydrogen) atoms. The van der Waals surface area contributed by atoms with Crippen LogP contribution in [0.15, 0.2) is 0 Å². The maximum atomic E-state index is 10.9. The highest BCUT2D eigenvalue weighted by atomic mass is 79.9. The van der Waals surface area contributed by atoms with Crippen molar-refractivity contribution in [3.05, 3.63) is 0 Å². The van der Waals surface area contributed by atoms with E-state index < -0.39 is 6.07 Å². The van der Waals surface area contributed by atoms with Crippen LogP contribution < -0.4 is 0 Å². The van der Waals surface area contributed by atoms with Gasteiger partial charge in [-0.1, -0.05) is 93.0 Å². The maximum absolute atomic E-state index is 10.9. The Morgan fingerprint density at radius 1 is 0.636 bits per heavy atom. The largest absolute Gasteiger partial charge is 0.380 e. The Balaban J connectivity index is 3.01. The summed E-state index contributed by atoms with van der Waals surface area (Å²) in [6, 6.07) is 0. The Kier molecular flexibility index (Phi) is 18.1. The number of halogens is 3. The quantitative estimate of drug-likeness (QED) is 0.129. The Hall–Kier alpha value is 1.25. The minimum atomic E-state index is -3.31. The van der Waals surface area contributed by atoms with E-state index in [1.54, 1.807) is 0 Å². The Labute approximate surface area is 155 Å². The van der Waals surface area contributed by atoms with Gasteiger partial charge in [0.15, 0.2) is 0 Å². The van der Waals surface area contributed by atoms with Crippen LogP contribution in [0.5, 0.6) is 0 Å². The first-order valence-corrected chi connectivity index (χ1v) is 13.3. The van der Waals surface area contributed by atoms with Crippen molar-refractivity contribution in [2.24, 2.45) is 0 Å². The van der Waals surface area contributed by atoms with E-state index in [1.807, 2.05) is 0 Å². The lowest BCUT2D eigenvalue weighted by atomic mass is 10.0. The molecule has 0 rings (SSSR count). The first-order valence-electron chi connectivity index (χ1n) is 8.76. The molecule has 0 saturated heterocycles. The molecule has 0 amide bonds. The SMILES string of the molecule is O=P(Cl)(Cl)OCCCCCCCCCCCCCCCCBr. The third-order valence-electron chi connectivity index (χ3n) is 3.77. The zero-order valence-corrected chi connectivity index (χ0v) is 17.7. The normalized spacial score (nSPS) is 12.0. The smallest absolute Gasteiger partial charge is 0.306 e. The second-order valence-electron chi connectivity index (χ2n) is 5.89. The summed E-state index contributed by atoms with van der Waals surface area (Å²) in [7, 11) is 0. The third kappa shape index (κ3) is 21.2. The van der Waals surface area contributed by atoms with E-state index in [4.69, 9.17) is 27.0 Å². The van der Waals surface area contributed by atoms with E-state index >= 15 is 0 Å². The molecule has 0 aromatic rings. The van der Waals surface area contributed by atoms with Crippen molar-refractivity contribution in [1.29, 1.82) is 0 Å². The predicted molar refractivity (Wildman–Crippen MR) is 104 cm³/mol. The van der Waals surface area contributed by atoms with Gasteiger partial charge < -0.3 is 4.52 Å². The van der Waals surface area contributed by atoms with Crippen LogP contribution in [0, 0.1) is 0 Å². The van der Waals surface area contributed by atoms with Gasteiger partial charge in [-0.15, -0.1) is 0 Å². The molecule has 6 heteroatoms. The molecule has 0 radical (unpaired) electrons. The fourth-order valence-corrected chi connectivity index (χ4v) is 3.64. The van der Waals surface area contributed by atoms with Gasteiger partial charge >= 0.3 is 6.07 Å². The fourth-order valence-electron chi connectivity index (χ4n) is 2.49. The molecule has 0 atom stereocenters. The third-order valence-corrected chi connectivity index (χ3v) is 5.40. The summed E-state index contributed by atoms with van der Waals surface area (Å²) in [6.07, 6.45) is 15.0. The van der Waals surface area contributed by atoms with E-state index in [0.717, 1.165) is 18.2 Å². The van der Waals surface area contributed by atoms with Crippen molar-refractivity contribution in [2.45, 2.75) is 89.9 Å². The topological polar surface area (TPSA) is 26.3 Å². The minimum Gasteiger partial charge on any atom is -0.306 e. The molecule has 2 nitrogen and oxygen atoms in total. The Morgan fingerprint density at radius 2 is 0.955 bits per heavy atom. The molecule has 0 spiro atoms. The van der Waals surface area contributed by atoms with Crippen molar-refractivity contribution >= 4 is 44.5 Å². The fraction of sp³-hybridized carbons (Fsp3) is 1.00. The van der Waals surface area contributed by atoms with Gasteiger partial charge in [0.2, 0.25) is 0 Å². The van der Waals surface area contributed by atoms with Crippen LogP contribution in [-0.2, 0) is 9.09 Å². The van der Waals surface area contributed by atoms with Gasteiger partial charge in [-0.05, 0) is 35.3 Å². The Morgan fingerprint density at radius 3 is 1.27 bits per heavy atom. The summed E-state index contributed by atoms with van der Waals surface area (Å²) in [4.78, 5) is 0. The molecule has 0 heterocycles. The van der Waals surface area contributed by atoms with Crippen molar-refractivity contribution in [3.8, 4) is 0 Å². The van der Waals surface area contributed by atoms with Crippen LogP contribution in [0.2, 0.25) is 0 Å². The van der Waals surface area contributed by atoms with Crippen molar-refractivity contribution in [1.82, 2.24) is 0 Å². The van der Waals surface area contributed by atoms with Gasteiger partial charge in [-0.25, -0.2) is 0 Å². The van der Waals surface area contributed by atoms with Crippen molar-refractivity contribution < 1.29 is 9.09 Å². The number of rotatable bonds is 17. The lowest BCUT2D eigenvalue weighted by Gasteiger charge is -2.04. The molecular formula is C16H32BrCl2O2P. The standard InChI is InChI=1S/C16H32BrCl2O2P/c17-15-13-11-9-7-5-3-1-2-4-6-8-10-12-14-16-21-22(18,19)20/h1-16H2. The van der Waals surface area contributed by atoms with Crippen LogP contribution in [0.1, 0.15) is 89.9 Å². The number of hydrogen-bond donors (Lipinski definition) is 0. The summed E-state index contributed by atoms with van der Waals surface area (Å²) in [6.45, 7) is 0.403. The van der Waals surface area contributed by atoms with E-state index in [2.05, 4.69) is 15.9 Å². The van der Waals surface area contributed by atoms with Gasteiger partial charge in [-0.2, -0.15) is 0 Å². The van der Waals surface area contributed by atoms with Gasteiger partial charge in [-0.3, -0.25) is 4.57 Å². The molecule has 134 valence electrons. The van der Waals surface area contributed by atoms with Gasteiger partial charge in [0.25, 0.3) is 0 Å². The summed E-state index contributed by atoms with van der Waals surface area (Å²) in [5.41, 5.74) is 0. The molecule has 0 bridgehead atoms. The number of hydrogen-bond acceptors (Lipinski definition) is 2. The average molecular weight is 438 g/mol. The first-order chi connectivity index (χ1) is 10.6. The lowest BCUT2D eigenvalue weighted by Crippen LogP contribution is -1.88. The second kappa shape index (κ2) is 17.1. The van der Waals surface area contributed by atoms with E-state index in [0.29, 0.717) is 6.61 Å². The van der Waals surface area contributed by atoms with Crippen LogP contribution in [0.25, 0.3) is 0 Å². The molecule has 0 fully saturated rings. The molecule has 0 aliphatic rings. The Bertz CT molecular complexity index is 275. The molecule has 0 unspecified atom stereocenters. The highest BCUT2D eigenvalue weighted by Gasteiger charge is 2.12. The zero-order chi connectivity index (χ0) is 16.5. The molecule has 0 aromatic carbocycles. The lowest BCUT2D eigenvalue weighted by molar-refractivity contribution is 0.320. The van der Waals surface area contributed by atoms with Crippen LogP contribution in [0.3, 0.4) is 0 Å². The molecule has 0 aliphatic heterocycles. The maximum Gasteiger partial charge on any atom is 0.380 e. The second-order valence-corrected chi connectivity index (χ2v) is 11.0. The van der Waals surface area contributed by atoms with Gasteiger partial charge in [0.1, 0.15) is 0 Å². The highest BCUT2D eigenvalue weighted by molar-refractivity contribution is 9.09. The zero-order valence-electron chi connectivity index (χ0n) is 13.7. The molecular weight excluding hydrogens is 406 g/mol. The van der Waals surface area contributed by atoms with E-state index in [-0.39, 0.29) is 0 Å². The average Bonchev–Trinajstić information content (AvgIpc) is 2.45. The van der Waals surface area contributed by atoms with Crippen molar-refractivity contribution in [3.63, 3.8) is 0 Å². The monoisotopic (exact) mass is 436 g/mol. The minimum absolute atomic E-state index is 0.403. The predicted octanol–water partition coefficient (Wildman–Crippen LogP) is 8.45. The van der Waals surface area contributed by atoms with Crippen molar-refractivity contribution in [2.75, 3.05) is 11.9 Å². The van der Waals surface area contributed by atoms with E-state index in [1.165, 1.54) is 77.0 Å². The van der Waals surface area contributed by atoms with Gasteiger partial charge in [0, 0.05) is 5.33 Å². The summed E-state index contributed by atoms with van der Waals surface area (Å²) >= 11 is 14.1. The van der Waals surface area contributed by atoms with Gasteiger partial charge in [0.05, 0.1) is 6.61 Å². The number of alkyl halides is 1. The van der Waals surface area contributed by atoms with E-state index in [9.17, 15) is 4.57 Å². The summed E-state index contributed by atoms with van der Waals surface area (Å²) in [5, 5.41) is 1.15. The first kappa shape index (κ1) is 23.2. The molecule has 0 saturated carbocycles. The molecule has 0 aliphatic carbocycles. The van der Waals surface area contributed by atoms with Crippen LogP contribution >= 0.6 is 44.5 Å². The highest BCUT2D eigenvalue weighted by Crippen LogP contribution is 2.57. The summed E-state index contributed by atoms with van der Waals surface area (Å²) < 4.78 is 15.7. The number of unbranched alkanes of at least 4 members (excludes halogenated alkanes) is 13.